The number of fused-ring (bicyclic) bond motifs is 1. The van der Waals surface area contributed by atoms with Crippen LogP contribution in [0.5, 0.6) is 5.75 Å². The highest BCUT2D eigenvalue weighted by Gasteiger charge is 2.14. The number of imidazole rings is 1. The topological polar surface area (TPSA) is 53.4 Å². The quantitative estimate of drug-likeness (QED) is 0.328. The minimum atomic E-state index is -0.255. The third-order valence-corrected chi connectivity index (χ3v) is 5.28. The molecule has 6 heteroatoms. The Morgan fingerprint density at radius 1 is 1.15 bits per heavy atom. The van der Waals surface area contributed by atoms with E-state index in [-0.39, 0.29) is 12.5 Å². The molecule has 1 aromatic heterocycles. The summed E-state index contributed by atoms with van der Waals surface area (Å²) < 4.78 is 12.9. The number of ether oxygens (including phenoxy) is 2. The summed E-state index contributed by atoms with van der Waals surface area (Å²) in [5.41, 5.74) is 4.19. The fraction of sp³-hybridized carbons (Fsp3) is 0.333. The van der Waals surface area contributed by atoms with Crippen molar-refractivity contribution in [3.63, 3.8) is 0 Å². The Labute approximate surface area is 163 Å². The van der Waals surface area contributed by atoms with E-state index in [1.807, 2.05) is 47.9 Å². The molecule has 0 aliphatic rings. The SMILES string of the molecule is CCOC(=O)Cn1c(SCCOc2cccc(C)c2C)nc2ccccc21. The number of nitrogens with zero attached hydrogens (tertiary/aromatic N) is 2. The predicted molar refractivity (Wildman–Crippen MR) is 109 cm³/mol. The van der Waals surface area contributed by atoms with Crippen LogP contribution in [0.3, 0.4) is 0 Å². The largest absolute Gasteiger partial charge is 0.492 e. The van der Waals surface area contributed by atoms with Gasteiger partial charge in [0.25, 0.3) is 0 Å². The van der Waals surface area contributed by atoms with Gasteiger partial charge in [0, 0.05) is 5.75 Å². The number of aromatic nitrogens is 2. The average Bonchev–Trinajstić information content (AvgIpc) is 3.00. The molecule has 0 aliphatic heterocycles. The summed E-state index contributed by atoms with van der Waals surface area (Å²) in [4.78, 5) is 16.7. The second kappa shape index (κ2) is 8.95. The van der Waals surface area contributed by atoms with Gasteiger partial charge in [-0.1, -0.05) is 36.0 Å². The summed E-state index contributed by atoms with van der Waals surface area (Å²) in [6.45, 7) is 7.05. The molecule has 0 saturated carbocycles. The lowest BCUT2D eigenvalue weighted by Gasteiger charge is -2.11. The van der Waals surface area contributed by atoms with Crippen molar-refractivity contribution < 1.29 is 14.3 Å². The van der Waals surface area contributed by atoms with Gasteiger partial charge in [0.1, 0.15) is 12.3 Å². The van der Waals surface area contributed by atoms with E-state index in [2.05, 4.69) is 24.9 Å². The molecular formula is C21H24N2O3S. The van der Waals surface area contributed by atoms with Crippen LogP contribution in [0.25, 0.3) is 11.0 Å². The maximum absolute atomic E-state index is 12.0. The minimum absolute atomic E-state index is 0.161. The lowest BCUT2D eigenvalue weighted by Crippen LogP contribution is -2.14. The lowest BCUT2D eigenvalue weighted by atomic mass is 10.1. The first-order chi connectivity index (χ1) is 13.1. The van der Waals surface area contributed by atoms with Crippen LogP contribution in [0.15, 0.2) is 47.6 Å². The van der Waals surface area contributed by atoms with Crippen molar-refractivity contribution in [2.75, 3.05) is 19.0 Å². The number of para-hydroxylation sites is 2. The third-order valence-electron chi connectivity index (χ3n) is 4.34. The van der Waals surface area contributed by atoms with Gasteiger partial charge in [-0.2, -0.15) is 0 Å². The molecule has 0 unspecified atom stereocenters. The van der Waals surface area contributed by atoms with Gasteiger partial charge in [-0.15, -0.1) is 0 Å². The Morgan fingerprint density at radius 3 is 2.78 bits per heavy atom. The lowest BCUT2D eigenvalue weighted by molar-refractivity contribution is -0.143. The Balaban J connectivity index is 1.68. The highest BCUT2D eigenvalue weighted by Crippen LogP contribution is 2.25. The maximum Gasteiger partial charge on any atom is 0.326 e. The minimum Gasteiger partial charge on any atom is -0.492 e. The average molecular weight is 385 g/mol. The highest BCUT2D eigenvalue weighted by molar-refractivity contribution is 7.99. The number of hydrogen-bond donors (Lipinski definition) is 0. The van der Waals surface area contributed by atoms with Crippen LogP contribution < -0.4 is 4.74 Å². The monoisotopic (exact) mass is 384 g/mol. The van der Waals surface area contributed by atoms with Crippen molar-refractivity contribution in [2.24, 2.45) is 0 Å². The van der Waals surface area contributed by atoms with Crippen molar-refractivity contribution in [1.29, 1.82) is 0 Å². The van der Waals surface area contributed by atoms with Gasteiger partial charge < -0.3 is 14.0 Å². The molecule has 5 nitrogen and oxygen atoms in total. The van der Waals surface area contributed by atoms with Crippen LogP contribution in [0, 0.1) is 13.8 Å². The zero-order chi connectivity index (χ0) is 19.2. The van der Waals surface area contributed by atoms with Crippen LogP contribution in [-0.4, -0.2) is 34.5 Å². The van der Waals surface area contributed by atoms with Gasteiger partial charge in [0.2, 0.25) is 0 Å². The summed E-state index contributed by atoms with van der Waals surface area (Å²) in [5, 5.41) is 0.800. The third kappa shape index (κ3) is 4.63. The van der Waals surface area contributed by atoms with E-state index < -0.39 is 0 Å². The molecule has 142 valence electrons. The van der Waals surface area contributed by atoms with Crippen molar-refractivity contribution in [1.82, 2.24) is 9.55 Å². The van der Waals surface area contributed by atoms with Gasteiger partial charge in [-0.3, -0.25) is 4.79 Å². The number of rotatable bonds is 8. The Kier molecular flexibility index (Phi) is 6.40. The van der Waals surface area contributed by atoms with Crippen LogP contribution >= 0.6 is 11.8 Å². The van der Waals surface area contributed by atoms with Gasteiger partial charge in [-0.25, -0.2) is 4.98 Å². The van der Waals surface area contributed by atoms with Crippen LogP contribution in [0.4, 0.5) is 0 Å². The molecule has 0 aliphatic carbocycles. The van der Waals surface area contributed by atoms with E-state index in [4.69, 9.17) is 9.47 Å². The molecule has 0 spiro atoms. The summed E-state index contributed by atoms with van der Waals surface area (Å²) in [5.74, 6) is 1.39. The molecule has 1 heterocycles. The van der Waals surface area contributed by atoms with Gasteiger partial charge in [0.05, 0.1) is 24.2 Å². The predicted octanol–water partition coefficient (Wildman–Crippen LogP) is 4.39. The molecule has 0 atom stereocenters. The first-order valence-corrected chi connectivity index (χ1v) is 10.0. The second-order valence-electron chi connectivity index (χ2n) is 6.17. The van der Waals surface area contributed by atoms with E-state index in [0.717, 1.165) is 33.3 Å². The summed E-state index contributed by atoms with van der Waals surface area (Å²) >= 11 is 1.58. The molecule has 0 fully saturated rings. The molecule has 3 rings (SSSR count). The summed E-state index contributed by atoms with van der Waals surface area (Å²) in [6, 6.07) is 13.9. The molecule has 0 radical (unpaired) electrons. The highest BCUT2D eigenvalue weighted by atomic mass is 32.2. The molecular weight excluding hydrogens is 360 g/mol. The number of carbonyl (C=O) groups excluding carboxylic acids is 1. The first-order valence-electron chi connectivity index (χ1n) is 9.03. The van der Waals surface area contributed by atoms with E-state index in [1.54, 1.807) is 11.8 Å². The van der Waals surface area contributed by atoms with Crippen molar-refractivity contribution in [2.45, 2.75) is 32.5 Å². The first kappa shape index (κ1) is 19.3. The van der Waals surface area contributed by atoms with Gasteiger partial charge >= 0.3 is 5.97 Å². The van der Waals surface area contributed by atoms with E-state index in [9.17, 15) is 4.79 Å². The molecule has 0 saturated heterocycles. The van der Waals surface area contributed by atoms with Crippen molar-refractivity contribution in [3.05, 3.63) is 53.6 Å². The standard InChI is InChI=1S/C21H24N2O3S/c1-4-25-20(24)14-23-18-10-6-5-9-17(18)22-21(23)27-13-12-26-19-11-7-8-15(2)16(19)3/h5-11H,4,12-14H2,1-3H3. The zero-order valence-electron chi connectivity index (χ0n) is 15.9. The normalized spacial score (nSPS) is 10.9. The molecule has 3 aromatic rings. The second-order valence-corrected chi connectivity index (χ2v) is 7.23. The zero-order valence-corrected chi connectivity index (χ0v) is 16.7. The van der Waals surface area contributed by atoms with E-state index >= 15 is 0 Å². The fourth-order valence-corrected chi connectivity index (χ4v) is 3.65. The summed E-state index contributed by atoms with van der Waals surface area (Å²) in [6.07, 6.45) is 0. The molecule has 0 N–H and O–H groups in total. The Bertz CT molecular complexity index is 936. The van der Waals surface area contributed by atoms with E-state index in [1.165, 1.54) is 5.56 Å². The fourth-order valence-electron chi connectivity index (χ4n) is 2.82. The number of aryl methyl sites for hydroxylation is 1. The Hall–Kier alpha value is -2.47. The number of esters is 1. The van der Waals surface area contributed by atoms with Gasteiger partial charge in [0.15, 0.2) is 5.16 Å². The smallest absolute Gasteiger partial charge is 0.326 e. The van der Waals surface area contributed by atoms with E-state index in [0.29, 0.717) is 13.2 Å². The number of thioether (sulfide) groups is 1. The number of hydrogen-bond acceptors (Lipinski definition) is 5. The summed E-state index contributed by atoms with van der Waals surface area (Å²) in [7, 11) is 0. The molecule has 27 heavy (non-hydrogen) atoms. The van der Waals surface area contributed by atoms with Crippen molar-refractivity contribution in [3.8, 4) is 5.75 Å². The maximum atomic E-state index is 12.0. The number of benzene rings is 2. The molecule has 0 amide bonds. The molecule has 2 aromatic carbocycles. The van der Waals surface area contributed by atoms with Gasteiger partial charge in [-0.05, 0) is 50.1 Å². The van der Waals surface area contributed by atoms with Crippen LogP contribution in [0.2, 0.25) is 0 Å². The van der Waals surface area contributed by atoms with Crippen LogP contribution in [-0.2, 0) is 16.1 Å². The van der Waals surface area contributed by atoms with Crippen LogP contribution in [0.1, 0.15) is 18.1 Å². The Morgan fingerprint density at radius 2 is 1.96 bits per heavy atom. The van der Waals surface area contributed by atoms with Crippen molar-refractivity contribution >= 4 is 28.8 Å². The number of carbonyl (C=O) groups is 1. The molecule has 0 bridgehead atoms.